The summed E-state index contributed by atoms with van der Waals surface area (Å²) in [7, 11) is 0. The predicted molar refractivity (Wildman–Crippen MR) is 76.1 cm³/mol. The fourth-order valence-corrected chi connectivity index (χ4v) is 2.55. The van der Waals surface area contributed by atoms with Crippen molar-refractivity contribution in [2.75, 3.05) is 0 Å². The molecule has 2 aromatic heterocycles. The van der Waals surface area contributed by atoms with Gasteiger partial charge in [-0.15, -0.1) is 0 Å². The van der Waals surface area contributed by atoms with E-state index in [0.29, 0.717) is 22.3 Å². The molecule has 0 atom stereocenters. The molecular formula is C16H11FN2O3. The molecule has 0 unspecified atom stereocenters. The summed E-state index contributed by atoms with van der Waals surface area (Å²) < 4.78 is 18.2. The van der Waals surface area contributed by atoms with Crippen LogP contribution in [0.5, 0.6) is 0 Å². The third kappa shape index (κ3) is 2.04. The number of fused-ring (bicyclic) bond motifs is 1. The third-order valence-corrected chi connectivity index (χ3v) is 3.81. The number of aromatic nitrogens is 2. The van der Waals surface area contributed by atoms with Crippen LogP contribution in [0.3, 0.4) is 0 Å². The van der Waals surface area contributed by atoms with Gasteiger partial charge < -0.3 is 9.63 Å². The van der Waals surface area contributed by atoms with Crippen LogP contribution in [0.25, 0.3) is 22.4 Å². The Morgan fingerprint density at radius 3 is 2.64 bits per heavy atom. The molecule has 22 heavy (non-hydrogen) atoms. The summed E-state index contributed by atoms with van der Waals surface area (Å²) in [5, 5.41) is 13.9. The fourth-order valence-electron chi connectivity index (χ4n) is 2.55. The van der Waals surface area contributed by atoms with E-state index in [0.717, 1.165) is 12.8 Å². The molecule has 1 saturated carbocycles. The van der Waals surface area contributed by atoms with Gasteiger partial charge in [0.1, 0.15) is 5.82 Å². The van der Waals surface area contributed by atoms with Gasteiger partial charge in [0.2, 0.25) is 0 Å². The normalized spacial score (nSPS) is 14.4. The van der Waals surface area contributed by atoms with Crippen LogP contribution in [0.1, 0.15) is 34.8 Å². The van der Waals surface area contributed by atoms with Gasteiger partial charge in [0.05, 0.1) is 22.3 Å². The van der Waals surface area contributed by atoms with Crippen LogP contribution in [0.2, 0.25) is 0 Å². The molecule has 110 valence electrons. The van der Waals surface area contributed by atoms with E-state index in [9.17, 15) is 14.3 Å². The van der Waals surface area contributed by atoms with Crippen LogP contribution in [0, 0.1) is 5.82 Å². The Morgan fingerprint density at radius 1 is 1.27 bits per heavy atom. The minimum absolute atomic E-state index is 0.118. The Bertz CT molecular complexity index is 882. The van der Waals surface area contributed by atoms with E-state index < -0.39 is 5.97 Å². The molecule has 2 heterocycles. The van der Waals surface area contributed by atoms with Crippen LogP contribution in [0.15, 0.2) is 34.9 Å². The second kappa shape index (κ2) is 4.62. The van der Waals surface area contributed by atoms with Gasteiger partial charge in [0, 0.05) is 11.5 Å². The molecule has 1 aliphatic carbocycles. The maximum Gasteiger partial charge on any atom is 0.336 e. The Labute approximate surface area is 124 Å². The van der Waals surface area contributed by atoms with E-state index in [4.69, 9.17) is 4.52 Å². The van der Waals surface area contributed by atoms with E-state index in [-0.39, 0.29) is 23.0 Å². The molecule has 5 nitrogen and oxygen atoms in total. The molecule has 3 aromatic rings. The van der Waals surface area contributed by atoms with Crippen molar-refractivity contribution in [2.24, 2.45) is 0 Å². The summed E-state index contributed by atoms with van der Waals surface area (Å²) in [6.07, 6.45) is 1.97. The molecule has 0 radical (unpaired) electrons. The third-order valence-electron chi connectivity index (χ3n) is 3.81. The van der Waals surface area contributed by atoms with Crippen molar-refractivity contribution in [3.63, 3.8) is 0 Å². The number of nitrogens with zero attached hydrogens (tertiary/aromatic N) is 2. The van der Waals surface area contributed by atoms with Crippen molar-refractivity contribution in [2.45, 2.75) is 18.8 Å². The van der Waals surface area contributed by atoms with E-state index in [2.05, 4.69) is 10.1 Å². The van der Waals surface area contributed by atoms with Gasteiger partial charge in [-0.05, 0) is 43.2 Å². The standard InChI is InChI=1S/C16H11FN2O3/c17-10-5-3-8(4-6-10)12-7-11(16(20)21)13-14(9-1-2-9)19-22-15(13)18-12/h3-7,9H,1-2H2,(H,20,21). The zero-order chi connectivity index (χ0) is 15.3. The number of hydrogen-bond donors (Lipinski definition) is 1. The summed E-state index contributed by atoms with van der Waals surface area (Å²) in [4.78, 5) is 15.9. The molecule has 1 aromatic carbocycles. The highest BCUT2D eigenvalue weighted by molar-refractivity contribution is 6.03. The zero-order valence-corrected chi connectivity index (χ0v) is 11.4. The number of rotatable bonds is 3. The van der Waals surface area contributed by atoms with E-state index in [1.54, 1.807) is 12.1 Å². The quantitative estimate of drug-likeness (QED) is 0.799. The fraction of sp³-hybridized carbons (Fsp3) is 0.188. The largest absolute Gasteiger partial charge is 0.478 e. The minimum Gasteiger partial charge on any atom is -0.478 e. The van der Waals surface area contributed by atoms with Crippen LogP contribution in [0.4, 0.5) is 4.39 Å². The highest BCUT2D eigenvalue weighted by atomic mass is 19.1. The summed E-state index contributed by atoms with van der Waals surface area (Å²) in [6, 6.07) is 7.19. The average molecular weight is 298 g/mol. The number of pyridine rings is 1. The molecule has 0 bridgehead atoms. The Balaban J connectivity index is 1.94. The minimum atomic E-state index is -1.05. The van der Waals surface area contributed by atoms with Crippen molar-refractivity contribution in [1.29, 1.82) is 0 Å². The number of hydrogen-bond acceptors (Lipinski definition) is 4. The van der Waals surface area contributed by atoms with Crippen molar-refractivity contribution >= 4 is 17.1 Å². The van der Waals surface area contributed by atoms with Gasteiger partial charge in [-0.25, -0.2) is 14.2 Å². The van der Waals surface area contributed by atoms with Gasteiger partial charge in [-0.3, -0.25) is 0 Å². The summed E-state index contributed by atoms with van der Waals surface area (Å²) >= 11 is 0. The van der Waals surface area contributed by atoms with Crippen LogP contribution in [-0.2, 0) is 0 Å². The van der Waals surface area contributed by atoms with Gasteiger partial charge in [0.15, 0.2) is 0 Å². The number of halogens is 1. The Kier molecular flexibility index (Phi) is 2.72. The van der Waals surface area contributed by atoms with E-state index in [1.165, 1.54) is 18.2 Å². The van der Waals surface area contributed by atoms with Crippen molar-refractivity contribution in [1.82, 2.24) is 10.1 Å². The Morgan fingerprint density at radius 2 is 2.00 bits per heavy atom. The molecule has 0 aliphatic heterocycles. The van der Waals surface area contributed by atoms with Gasteiger partial charge in [-0.1, -0.05) is 5.16 Å². The molecule has 1 fully saturated rings. The number of carboxylic acid groups (broad SMARTS) is 1. The Hall–Kier alpha value is -2.76. The second-order valence-electron chi connectivity index (χ2n) is 5.39. The first kappa shape index (κ1) is 12.9. The molecule has 6 heteroatoms. The lowest BCUT2D eigenvalue weighted by atomic mass is 10.0. The molecule has 0 amide bonds. The smallest absolute Gasteiger partial charge is 0.336 e. The predicted octanol–water partition coefficient (Wildman–Crippen LogP) is 3.60. The van der Waals surface area contributed by atoms with Crippen molar-refractivity contribution in [3.8, 4) is 11.3 Å². The first-order chi connectivity index (χ1) is 10.6. The molecule has 1 N–H and O–H groups in total. The molecule has 4 rings (SSSR count). The lowest BCUT2D eigenvalue weighted by Crippen LogP contribution is -2.00. The number of benzene rings is 1. The number of aromatic carboxylic acids is 1. The zero-order valence-electron chi connectivity index (χ0n) is 11.4. The van der Waals surface area contributed by atoms with Crippen LogP contribution >= 0.6 is 0 Å². The second-order valence-corrected chi connectivity index (χ2v) is 5.39. The first-order valence-electron chi connectivity index (χ1n) is 6.93. The van der Waals surface area contributed by atoms with Gasteiger partial charge >= 0.3 is 5.97 Å². The summed E-state index contributed by atoms with van der Waals surface area (Å²) in [5.41, 5.74) is 2.04. The summed E-state index contributed by atoms with van der Waals surface area (Å²) in [5.74, 6) is -1.15. The van der Waals surface area contributed by atoms with E-state index >= 15 is 0 Å². The van der Waals surface area contributed by atoms with E-state index in [1.807, 2.05) is 0 Å². The van der Waals surface area contributed by atoms with Gasteiger partial charge in [-0.2, -0.15) is 0 Å². The van der Waals surface area contributed by atoms with Crippen LogP contribution in [-0.4, -0.2) is 21.2 Å². The van der Waals surface area contributed by atoms with Crippen LogP contribution < -0.4 is 0 Å². The van der Waals surface area contributed by atoms with Crippen molar-refractivity contribution in [3.05, 3.63) is 47.4 Å². The highest BCUT2D eigenvalue weighted by Gasteiger charge is 2.32. The van der Waals surface area contributed by atoms with Crippen molar-refractivity contribution < 1.29 is 18.8 Å². The van der Waals surface area contributed by atoms with Gasteiger partial charge in [0.25, 0.3) is 5.71 Å². The molecule has 1 aliphatic rings. The molecular weight excluding hydrogens is 287 g/mol. The highest BCUT2D eigenvalue weighted by Crippen LogP contribution is 2.43. The monoisotopic (exact) mass is 298 g/mol. The molecule has 0 spiro atoms. The number of carbonyl (C=O) groups is 1. The maximum atomic E-state index is 13.0. The topological polar surface area (TPSA) is 76.2 Å². The maximum absolute atomic E-state index is 13.0. The lowest BCUT2D eigenvalue weighted by Gasteiger charge is -2.04. The molecule has 0 saturated heterocycles. The first-order valence-corrected chi connectivity index (χ1v) is 6.93. The SMILES string of the molecule is O=C(O)c1cc(-c2ccc(F)cc2)nc2onc(C3CC3)c12. The average Bonchev–Trinajstić information content (AvgIpc) is 3.26. The number of carboxylic acids is 1. The summed E-state index contributed by atoms with van der Waals surface area (Å²) in [6.45, 7) is 0. The lowest BCUT2D eigenvalue weighted by molar-refractivity contribution is 0.0699.